The average molecular weight is 196 g/mol. The summed E-state index contributed by atoms with van der Waals surface area (Å²) in [6.45, 7) is 6.07. The van der Waals surface area contributed by atoms with E-state index in [1.807, 2.05) is 0 Å². The Morgan fingerprint density at radius 1 is 1.21 bits per heavy atom. The van der Waals surface area contributed by atoms with Gasteiger partial charge in [-0.1, -0.05) is 26.2 Å². The molecule has 0 radical (unpaired) electrons. The van der Waals surface area contributed by atoms with Gasteiger partial charge < -0.3 is 5.32 Å². The molecule has 2 nitrogen and oxygen atoms in total. The summed E-state index contributed by atoms with van der Waals surface area (Å²) < 4.78 is 0. The number of piperazine rings is 1. The maximum absolute atomic E-state index is 3.60. The first-order valence-corrected chi connectivity index (χ1v) is 6.37. The van der Waals surface area contributed by atoms with Crippen molar-refractivity contribution in [2.24, 2.45) is 0 Å². The molecule has 0 bridgehead atoms. The Morgan fingerprint density at radius 3 is 2.71 bits per heavy atom. The number of nitrogens with zero attached hydrogens (tertiary/aromatic N) is 1. The molecule has 1 saturated carbocycles. The SMILES string of the molecule is CCC1CN(C2CCCCC2)CCN1. The van der Waals surface area contributed by atoms with E-state index in [0.29, 0.717) is 0 Å². The Balaban J connectivity index is 1.83. The Hall–Kier alpha value is -0.0800. The smallest absolute Gasteiger partial charge is 0.0193 e. The van der Waals surface area contributed by atoms with Crippen LogP contribution in [0.2, 0.25) is 0 Å². The standard InChI is InChI=1S/C12H24N2/c1-2-11-10-14(9-8-13-11)12-6-4-3-5-7-12/h11-13H,2-10H2,1H3. The summed E-state index contributed by atoms with van der Waals surface area (Å²) in [7, 11) is 0. The van der Waals surface area contributed by atoms with E-state index in [2.05, 4.69) is 17.1 Å². The van der Waals surface area contributed by atoms with Crippen molar-refractivity contribution in [1.82, 2.24) is 10.2 Å². The lowest BCUT2D eigenvalue weighted by Gasteiger charge is -2.40. The van der Waals surface area contributed by atoms with Gasteiger partial charge in [0.05, 0.1) is 0 Å². The van der Waals surface area contributed by atoms with E-state index in [9.17, 15) is 0 Å². The van der Waals surface area contributed by atoms with Crippen LogP contribution < -0.4 is 5.32 Å². The van der Waals surface area contributed by atoms with Gasteiger partial charge in [-0.3, -0.25) is 4.90 Å². The third kappa shape index (κ3) is 2.48. The van der Waals surface area contributed by atoms with Gasteiger partial charge >= 0.3 is 0 Å². The fourth-order valence-corrected chi connectivity index (χ4v) is 2.90. The summed E-state index contributed by atoms with van der Waals surface area (Å²) in [5, 5.41) is 3.60. The summed E-state index contributed by atoms with van der Waals surface area (Å²) in [6.07, 6.45) is 8.59. The van der Waals surface area contributed by atoms with Crippen molar-refractivity contribution in [3.05, 3.63) is 0 Å². The highest BCUT2D eigenvalue weighted by Gasteiger charge is 2.25. The molecule has 1 unspecified atom stereocenters. The molecule has 2 heteroatoms. The summed E-state index contributed by atoms with van der Waals surface area (Å²) in [5.41, 5.74) is 0. The van der Waals surface area contributed by atoms with Crippen molar-refractivity contribution >= 4 is 0 Å². The molecule has 14 heavy (non-hydrogen) atoms. The minimum Gasteiger partial charge on any atom is -0.311 e. The monoisotopic (exact) mass is 196 g/mol. The zero-order chi connectivity index (χ0) is 9.80. The first-order valence-electron chi connectivity index (χ1n) is 6.37. The Morgan fingerprint density at radius 2 is 2.00 bits per heavy atom. The van der Waals surface area contributed by atoms with Gasteiger partial charge in [-0.2, -0.15) is 0 Å². The van der Waals surface area contributed by atoms with Gasteiger partial charge in [0.25, 0.3) is 0 Å². The molecule has 1 N–H and O–H groups in total. The summed E-state index contributed by atoms with van der Waals surface area (Å²) in [5.74, 6) is 0. The van der Waals surface area contributed by atoms with Crippen LogP contribution in [-0.2, 0) is 0 Å². The second-order valence-corrected chi connectivity index (χ2v) is 4.85. The molecule has 82 valence electrons. The second-order valence-electron chi connectivity index (χ2n) is 4.85. The Bertz CT molecular complexity index is 164. The van der Waals surface area contributed by atoms with Crippen molar-refractivity contribution in [2.45, 2.75) is 57.5 Å². The van der Waals surface area contributed by atoms with Crippen LogP contribution in [0.1, 0.15) is 45.4 Å². The highest BCUT2D eigenvalue weighted by Crippen LogP contribution is 2.23. The quantitative estimate of drug-likeness (QED) is 0.727. The topological polar surface area (TPSA) is 15.3 Å². The van der Waals surface area contributed by atoms with Gasteiger partial charge in [-0.15, -0.1) is 0 Å². The van der Waals surface area contributed by atoms with Gasteiger partial charge in [0.15, 0.2) is 0 Å². The molecule has 2 fully saturated rings. The highest BCUT2D eigenvalue weighted by atomic mass is 15.2. The van der Waals surface area contributed by atoms with E-state index in [0.717, 1.165) is 12.1 Å². The second kappa shape index (κ2) is 5.13. The Kier molecular flexibility index (Phi) is 3.82. The van der Waals surface area contributed by atoms with Crippen LogP contribution >= 0.6 is 0 Å². The number of rotatable bonds is 2. The molecule has 1 saturated heterocycles. The number of nitrogens with one attached hydrogen (secondary N) is 1. The van der Waals surface area contributed by atoms with E-state index < -0.39 is 0 Å². The van der Waals surface area contributed by atoms with Crippen molar-refractivity contribution in [1.29, 1.82) is 0 Å². The fraction of sp³-hybridized carbons (Fsp3) is 1.00. The van der Waals surface area contributed by atoms with Crippen molar-refractivity contribution in [2.75, 3.05) is 19.6 Å². The molecule has 0 aromatic heterocycles. The molecule has 0 spiro atoms. The minimum absolute atomic E-state index is 0.755. The average Bonchev–Trinajstić information content (AvgIpc) is 2.30. The van der Waals surface area contributed by atoms with Crippen LogP contribution in [0.3, 0.4) is 0 Å². The van der Waals surface area contributed by atoms with E-state index >= 15 is 0 Å². The molecule has 1 heterocycles. The summed E-state index contributed by atoms with van der Waals surface area (Å²) >= 11 is 0. The molecule has 0 aromatic carbocycles. The molecule has 0 amide bonds. The van der Waals surface area contributed by atoms with E-state index in [-0.39, 0.29) is 0 Å². The molecule has 1 atom stereocenters. The van der Waals surface area contributed by atoms with Crippen molar-refractivity contribution in [3.63, 3.8) is 0 Å². The summed E-state index contributed by atoms with van der Waals surface area (Å²) in [4.78, 5) is 2.74. The van der Waals surface area contributed by atoms with Crippen LogP contribution in [0, 0.1) is 0 Å². The van der Waals surface area contributed by atoms with Gasteiger partial charge in [-0.25, -0.2) is 0 Å². The Labute approximate surface area is 88.1 Å². The minimum atomic E-state index is 0.755. The fourth-order valence-electron chi connectivity index (χ4n) is 2.90. The molecule has 0 aromatic rings. The maximum atomic E-state index is 3.60. The maximum Gasteiger partial charge on any atom is 0.0193 e. The van der Waals surface area contributed by atoms with E-state index in [4.69, 9.17) is 0 Å². The first-order chi connectivity index (χ1) is 6.90. The van der Waals surface area contributed by atoms with E-state index in [1.165, 1.54) is 58.2 Å². The third-order valence-electron chi connectivity index (χ3n) is 3.87. The molecular formula is C12H24N2. The molecule has 1 aliphatic carbocycles. The number of hydrogen-bond acceptors (Lipinski definition) is 2. The zero-order valence-electron chi connectivity index (χ0n) is 9.47. The van der Waals surface area contributed by atoms with Crippen LogP contribution in [0.25, 0.3) is 0 Å². The van der Waals surface area contributed by atoms with Gasteiger partial charge in [0, 0.05) is 31.7 Å². The first kappa shape index (κ1) is 10.4. The lowest BCUT2D eigenvalue weighted by molar-refractivity contribution is 0.114. The largest absolute Gasteiger partial charge is 0.311 e. The van der Waals surface area contributed by atoms with Crippen LogP contribution in [-0.4, -0.2) is 36.6 Å². The van der Waals surface area contributed by atoms with Crippen molar-refractivity contribution < 1.29 is 0 Å². The van der Waals surface area contributed by atoms with Gasteiger partial charge in [-0.05, 0) is 19.3 Å². The van der Waals surface area contributed by atoms with Gasteiger partial charge in [0.2, 0.25) is 0 Å². The molecule has 1 aliphatic heterocycles. The van der Waals surface area contributed by atoms with E-state index in [1.54, 1.807) is 0 Å². The predicted molar refractivity (Wildman–Crippen MR) is 60.5 cm³/mol. The molecular weight excluding hydrogens is 172 g/mol. The van der Waals surface area contributed by atoms with Crippen LogP contribution in [0.4, 0.5) is 0 Å². The van der Waals surface area contributed by atoms with Crippen LogP contribution in [0.15, 0.2) is 0 Å². The normalized spacial score (nSPS) is 31.9. The summed E-state index contributed by atoms with van der Waals surface area (Å²) in [6, 6.07) is 1.67. The zero-order valence-corrected chi connectivity index (χ0v) is 9.47. The molecule has 2 rings (SSSR count). The predicted octanol–water partition coefficient (Wildman–Crippen LogP) is 2.00. The van der Waals surface area contributed by atoms with Crippen molar-refractivity contribution in [3.8, 4) is 0 Å². The van der Waals surface area contributed by atoms with Gasteiger partial charge in [0.1, 0.15) is 0 Å². The highest BCUT2D eigenvalue weighted by molar-refractivity contribution is 4.83. The molecule has 2 aliphatic rings. The lowest BCUT2D eigenvalue weighted by Crippen LogP contribution is -2.54. The van der Waals surface area contributed by atoms with Crippen LogP contribution in [0.5, 0.6) is 0 Å². The number of hydrogen-bond donors (Lipinski definition) is 1. The lowest BCUT2D eigenvalue weighted by atomic mass is 9.93. The third-order valence-corrected chi connectivity index (χ3v) is 3.87.